The summed E-state index contributed by atoms with van der Waals surface area (Å²) in [5.41, 5.74) is 2.31. The van der Waals surface area contributed by atoms with Crippen LogP contribution in [0.5, 0.6) is 5.75 Å². The molecule has 0 saturated heterocycles. The quantitative estimate of drug-likeness (QED) is 0.425. The van der Waals surface area contributed by atoms with Crippen molar-refractivity contribution in [2.75, 3.05) is 17.3 Å². The van der Waals surface area contributed by atoms with Gasteiger partial charge >= 0.3 is 0 Å². The molecule has 128 valence electrons. The summed E-state index contributed by atoms with van der Waals surface area (Å²) < 4.78 is 6.78. The van der Waals surface area contributed by atoms with Crippen molar-refractivity contribution in [2.24, 2.45) is 0 Å². The lowest BCUT2D eigenvalue weighted by Crippen LogP contribution is -2.30. The Bertz CT molecular complexity index is 708. The zero-order valence-corrected chi connectivity index (χ0v) is 15.7. The molecule has 24 heavy (non-hydrogen) atoms. The van der Waals surface area contributed by atoms with Crippen molar-refractivity contribution in [3.05, 3.63) is 29.3 Å². The molecule has 1 heterocycles. The fourth-order valence-corrected chi connectivity index (χ4v) is 4.38. The number of rotatable bonds is 7. The molecule has 1 amide bonds. The molecule has 0 unspecified atom stereocenters. The van der Waals surface area contributed by atoms with E-state index in [2.05, 4.69) is 36.2 Å². The Balaban J connectivity index is 1.52. The van der Waals surface area contributed by atoms with E-state index < -0.39 is 0 Å². The van der Waals surface area contributed by atoms with Gasteiger partial charge in [-0.05, 0) is 37.8 Å². The molecule has 0 radical (unpaired) electrons. The minimum absolute atomic E-state index is 0.0450. The Morgan fingerprint density at radius 1 is 1.33 bits per heavy atom. The van der Waals surface area contributed by atoms with Gasteiger partial charge in [-0.1, -0.05) is 41.3 Å². The fraction of sp³-hybridized carbons (Fsp3) is 0.471. The number of aromatic nitrogens is 2. The van der Waals surface area contributed by atoms with Crippen molar-refractivity contribution in [2.45, 2.75) is 44.0 Å². The zero-order chi connectivity index (χ0) is 17.1. The van der Waals surface area contributed by atoms with Crippen molar-refractivity contribution in [1.29, 1.82) is 0 Å². The summed E-state index contributed by atoms with van der Waals surface area (Å²) >= 11 is 3.10. The summed E-state index contributed by atoms with van der Waals surface area (Å²) in [4.78, 5) is 13.5. The molecule has 0 aliphatic heterocycles. The van der Waals surface area contributed by atoms with E-state index in [0.29, 0.717) is 17.8 Å². The molecule has 3 rings (SSSR count). The molecule has 1 saturated carbocycles. The number of carbonyl (C=O) groups excluding carboxylic acids is 1. The molecular weight excluding hydrogens is 342 g/mol. The average Bonchev–Trinajstić information content (AvgIpc) is 3.24. The predicted octanol–water partition coefficient (Wildman–Crippen LogP) is 3.84. The van der Waals surface area contributed by atoms with Crippen LogP contribution in [0.3, 0.4) is 0 Å². The summed E-state index contributed by atoms with van der Waals surface area (Å²) in [6, 6.07) is 6.47. The Kier molecular flexibility index (Phi) is 5.40. The first-order valence-corrected chi connectivity index (χ1v) is 9.81. The van der Waals surface area contributed by atoms with Crippen LogP contribution in [-0.4, -0.2) is 34.5 Å². The monoisotopic (exact) mass is 363 g/mol. The number of benzene rings is 1. The number of thioether (sulfide) groups is 1. The minimum Gasteiger partial charge on any atom is -0.492 e. The van der Waals surface area contributed by atoms with E-state index in [1.807, 2.05) is 6.07 Å². The normalized spacial score (nSPS) is 13.8. The Labute approximate surface area is 150 Å². The van der Waals surface area contributed by atoms with E-state index >= 15 is 0 Å². The summed E-state index contributed by atoms with van der Waals surface area (Å²) in [5.74, 6) is 1.81. The molecule has 7 heteroatoms. The summed E-state index contributed by atoms with van der Waals surface area (Å²) in [5, 5.41) is 9.08. The van der Waals surface area contributed by atoms with Crippen LogP contribution in [0.2, 0.25) is 0 Å². The number of aryl methyl sites for hydroxylation is 2. The first kappa shape index (κ1) is 17.2. The molecule has 0 atom stereocenters. The molecule has 1 aromatic carbocycles. The van der Waals surface area contributed by atoms with E-state index in [1.54, 1.807) is 23.6 Å². The number of amides is 1. The highest BCUT2D eigenvalue weighted by Gasteiger charge is 2.34. The molecule has 5 nitrogen and oxygen atoms in total. The first-order valence-electron chi connectivity index (χ1n) is 8.01. The Morgan fingerprint density at radius 2 is 2.04 bits per heavy atom. The van der Waals surface area contributed by atoms with Crippen LogP contribution in [0.25, 0.3) is 0 Å². The van der Waals surface area contributed by atoms with Gasteiger partial charge in [0, 0.05) is 18.7 Å². The van der Waals surface area contributed by atoms with E-state index in [-0.39, 0.29) is 5.91 Å². The molecule has 0 bridgehead atoms. The van der Waals surface area contributed by atoms with Crippen LogP contribution in [-0.2, 0) is 4.79 Å². The van der Waals surface area contributed by atoms with Gasteiger partial charge in [0.1, 0.15) is 5.75 Å². The number of hydrogen-bond acceptors (Lipinski definition) is 6. The average molecular weight is 364 g/mol. The van der Waals surface area contributed by atoms with Crippen molar-refractivity contribution >= 4 is 34.1 Å². The van der Waals surface area contributed by atoms with Crippen molar-refractivity contribution in [1.82, 2.24) is 10.2 Å². The van der Waals surface area contributed by atoms with Crippen LogP contribution in [0, 0.1) is 13.8 Å². The molecule has 2 aromatic rings. The SMILES string of the molecule is CC(=O)N(c1nnc(SCCOc2c(C)cccc2C)s1)C1CC1. The predicted molar refractivity (Wildman–Crippen MR) is 98.2 cm³/mol. The highest BCUT2D eigenvalue weighted by atomic mass is 32.2. The number of carbonyl (C=O) groups is 1. The number of nitrogens with zero attached hydrogens (tertiary/aromatic N) is 3. The van der Waals surface area contributed by atoms with Crippen LogP contribution < -0.4 is 9.64 Å². The zero-order valence-electron chi connectivity index (χ0n) is 14.1. The van der Waals surface area contributed by atoms with Gasteiger partial charge < -0.3 is 4.74 Å². The third-order valence-corrected chi connectivity index (χ3v) is 5.84. The number of anilines is 1. The van der Waals surface area contributed by atoms with Gasteiger partial charge in [0.25, 0.3) is 0 Å². The summed E-state index contributed by atoms with van der Waals surface area (Å²) in [6.45, 7) is 6.32. The molecule has 1 fully saturated rings. The molecule has 1 aliphatic carbocycles. The van der Waals surface area contributed by atoms with Gasteiger partial charge in [-0.2, -0.15) is 0 Å². The van der Waals surface area contributed by atoms with Gasteiger partial charge in [0.15, 0.2) is 4.34 Å². The van der Waals surface area contributed by atoms with Gasteiger partial charge in [-0.25, -0.2) is 0 Å². The topological polar surface area (TPSA) is 55.3 Å². The van der Waals surface area contributed by atoms with E-state index in [9.17, 15) is 4.79 Å². The van der Waals surface area contributed by atoms with Crippen LogP contribution >= 0.6 is 23.1 Å². The summed E-state index contributed by atoms with van der Waals surface area (Å²) in [7, 11) is 0. The fourth-order valence-electron chi connectivity index (χ4n) is 2.54. The molecule has 0 spiro atoms. The minimum atomic E-state index is 0.0450. The van der Waals surface area contributed by atoms with Crippen molar-refractivity contribution in [3.63, 3.8) is 0 Å². The molecule has 1 aromatic heterocycles. The maximum atomic E-state index is 11.8. The standard InChI is InChI=1S/C17H21N3O2S2/c1-11-5-4-6-12(2)15(11)22-9-10-23-17-19-18-16(24-17)20(13(3)21)14-7-8-14/h4-6,14H,7-10H2,1-3H3. The van der Waals surface area contributed by atoms with E-state index in [4.69, 9.17) is 4.74 Å². The third-order valence-electron chi connectivity index (χ3n) is 3.82. The van der Waals surface area contributed by atoms with Crippen molar-refractivity contribution in [3.8, 4) is 5.75 Å². The molecule has 0 N–H and O–H groups in total. The highest BCUT2D eigenvalue weighted by Crippen LogP contribution is 2.35. The summed E-state index contributed by atoms with van der Waals surface area (Å²) in [6.07, 6.45) is 2.12. The second-order valence-corrected chi connectivity index (χ2v) is 8.19. The highest BCUT2D eigenvalue weighted by molar-refractivity contribution is 8.01. The van der Waals surface area contributed by atoms with Crippen LogP contribution in [0.1, 0.15) is 30.9 Å². The van der Waals surface area contributed by atoms with Crippen LogP contribution in [0.15, 0.2) is 22.5 Å². The lowest BCUT2D eigenvalue weighted by Gasteiger charge is -2.15. The van der Waals surface area contributed by atoms with E-state index in [0.717, 1.165) is 39.8 Å². The number of para-hydroxylation sites is 1. The van der Waals surface area contributed by atoms with Gasteiger partial charge in [0.2, 0.25) is 11.0 Å². The lowest BCUT2D eigenvalue weighted by atomic mass is 10.1. The lowest BCUT2D eigenvalue weighted by molar-refractivity contribution is -0.116. The van der Waals surface area contributed by atoms with Crippen molar-refractivity contribution < 1.29 is 9.53 Å². The molecular formula is C17H21N3O2S2. The van der Waals surface area contributed by atoms with Crippen LogP contribution in [0.4, 0.5) is 5.13 Å². The molecule has 1 aliphatic rings. The Hall–Kier alpha value is -1.60. The first-order chi connectivity index (χ1) is 11.6. The maximum Gasteiger partial charge on any atom is 0.225 e. The second-order valence-electron chi connectivity index (χ2n) is 5.89. The van der Waals surface area contributed by atoms with Gasteiger partial charge in [-0.15, -0.1) is 10.2 Å². The maximum absolute atomic E-state index is 11.8. The second kappa shape index (κ2) is 7.53. The largest absolute Gasteiger partial charge is 0.492 e. The van der Waals surface area contributed by atoms with E-state index in [1.165, 1.54) is 11.3 Å². The number of ether oxygens (including phenoxy) is 1. The third kappa shape index (κ3) is 4.08. The smallest absolute Gasteiger partial charge is 0.225 e. The van der Waals surface area contributed by atoms with Gasteiger partial charge in [0.05, 0.1) is 6.61 Å². The Morgan fingerprint density at radius 3 is 2.67 bits per heavy atom. The number of hydrogen-bond donors (Lipinski definition) is 0. The van der Waals surface area contributed by atoms with Gasteiger partial charge in [-0.3, -0.25) is 9.69 Å².